The van der Waals surface area contributed by atoms with Crippen molar-refractivity contribution in [3.63, 3.8) is 0 Å². The number of nitrogens with two attached hydrogens (primary N) is 1. The van der Waals surface area contributed by atoms with E-state index in [0.717, 1.165) is 18.0 Å². The summed E-state index contributed by atoms with van der Waals surface area (Å²) in [5.41, 5.74) is 7.17. The molecule has 1 aromatic carbocycles. The van der Waals surface area contributed by atoms with E-state index in [1.807, 2.05) is 12.1 Å². The molecule has 0 radical (unpaired) electrons. The first kappa shape index (κ1) is 13.1. The predicted molar refractivity (Wildman–Crippen MR) is 75.3 cm³/mol. The first-order chi connectivity index (χ1) is 9.29. The monoisotopic (exact) mass is 262 g/mol. The van der Waals surface area contributed by atoms with Crippen LogP contribution in [-0.4, -0.2) is 24.0 Å². The first-order valence-electron chi connectivity index (χ1n) is 7.51. The van der Waals surface area contributed by atoms with Gasteiger partial charge in [0.25, 0.3) is 0 Å². The van der Waals surface area contributed by atoms with Crippen molar-refractivity contribution in [3.05, 3.63) is 35.6 Å². The molecule has 104 valence electrons. The molecule has 2 N–H and O–H groups in total. The zero-order chi connectivity index (χ0) is 13.2. The number of fused-ring (bicyclic) bond motifs is 1. The highest BCUT2D eigenvalue weighted by molar-refractivity contribution is 5.21. The molecule has 1 aliphatic heterocycles. The van der Waals surface area contributed by atoms with Crippen LogP contribution in [0.2, 0.25) is 0 Å². The lowest BCUT2D eigenvalue weighted by Gasteiger charge is -2.37. The second-order valence-electron chi connectivity index (χ2n) is 5.94. The SMILES string of the molecule is NCC(c1ccc(F)cc1)N1CCC2CCCCC21. The fraction of sp³-hybridized carbons (Fsp3) is 0.625. The maximum absolute atomic E-state index is 13.1. The topological polar surface area (TPSA) is 29.3 Å². The maximum Gasteiger partial charge on any atom is 0.123 e. The maximum atomic E-state index is 13.1. The largest absolute Gasteiger partial charge is 0.329 e. The molecule has 0 aromatic heterocycles. The molecule has 1 saturated heterocycles. The second kappa shape index (κ2) is 5.59. The minimum Gasteiger partial charge on any atom is -0.329 e. The van der Waals surface area contributed by atoms with Gasteiger partial charge in [-0.2, -0.15) is 0 Å². The van der Waals surface area contributed by atoms with Gasteiger partial charge in [0.2, 0.25) is 0 Å². The fourth-order valence-corrected chi connectivity index (χ4v) is 3.98. The summed E-state index contributed by atoms with van der Waals surface area (Å²) < 4.78 is 13.1. The summed E-state index contributed by atoms with van der Waals surface area (Å²) in [6.45, 7) is 1.77. The van der Waals surface area contributed by atoms with Crippen molar-refractivity contribution in [2.75, 3.05) is 13.1 Å². The van der Waals surface area contributed by atoms with Crippen LogP contribution in [0.4, 0.5) is 4.39 Å². The summed E-state index contributed by atoms with van der Waals surface area (Å²) >= 11 is 0. The van der Waals surface area contributed by atoms with E-state index in [1.165, 1.54) is 32.1 Å². The van der Waals surface area contributed by atoms with E-state index in [2.05, 4.69) is 4.90 Å². The highest BCUT2D eigenvalue weighted by atomic mass is 19.1. The minimum atomic E-state index is -0.170. The van der Waals surface area contributed by atoms with Crippen molar-refractivity contribution in [2.24, 2.45) is 11.7 Å². The van der Waals surface area contributed by atoms with Gasteiger partial charge in [0, 0.05) is 18.6 Å². The van der Waals surface area contributed by atoms with Crippen molar-refractivity contribution in [2.45, 2.75) is 44.2 Å². The molecule has 3 atom stereocenters. The van der Waals surface area contributed by atoms with Gasteiger partial charge in [-0.05, 0) is 49.4 Å². The predicted octanol–water partition coefficient (Wildman–Crippen LogP) is 3.09. The molecule has 2 aliphatic rings. The van der Waals surface area contributed by atoms with E-state index in [4.69, 9.17) is 5.73 Å². The fourth-order valence-electron chi connectivity index (χ4n) is 3.98. The third-order valence-corrected chi connectivity index (χ3v) is 4.93. The van der Waals surface area contributed by atoms with E-state index in [0.29, 0.717) is 12.6 Å². The van der Waals surface area contributed by atoms with E-state index in [9.17, 15) is 4.39 Å². The van der Waals surface area contributed by atoms with Gasteiger partial charge >= 0.3 is 0 Å². The van der Waals surface area contributed by atoms with Crippen molar-refractivity contribution in [1.82, 2.24) is 4.90 Å². The minimum absolute atomic E-state index is 0.170. The highest BCUT2D eigenvalue weighted by Gasteiger charge is 2.38. The Morgan fingerprint density at radius 3 is 2.63 bits per heavy atom. The molecule has 0 amide bonds. The number of likely N-dealkylation sites (tertiary alicyclic amines) is 1. The van der Waals surface area contributed by atoms with Gasteiger partial charge in [-0.25, -0.2) is 4.39 Å². The Labute approximate surface area is 114 Å². The number of halogens is 1. The number of benzene rings is 1. The Bertz CT molecular complexity index is 417. The molecule has 0 bridgehead atoms. The van der Waals surface area contributed by atoms with Gasteiger partial charge in [-0.15, -0.1) is 0 Å². The van der Waals surface area contributed by atoms with Crippen molar-refractivity contribution >= 4 is 0 Å². The molecule has 1 saturated carbocycles. The number of nitrogens with zero attached hydrogens (tertiary/aromatic N) is 1. The average molecular weight is 262 g/mol. The molecule has 3 rings (SSSR count). The summed E-state index contributed by atoms with van der Waals surface area (Å²) in [7, 11) is 0. The summed E-state index contributed by atoms with van der Waals surface area (Å²) in [6, 6.07) is 7.84. The molecule has 3 unspecified atom stereocenters. The number of hydrogen-bond donors (Lipinski definition) is 1. The van der Waals surface area contributed by atoms with Gasteiger partial charge in [-0.3, -0.25) is 4.90 Å². The Balaban J connectivity index is 1.80. The molecule has 1 heterocycles. The third kappa shape index (κ3) is 2.54. The molecule has 2 nitrogen and oxygen atoms in total. The first-order valence-corrected chi connectivity index (χ1v) is 7.51. The van der Waals surface area contributed by atoms with Crippen molar-refractivity contribution in [3.8, 4) is 0 Å². The summed E-state index contributed by atoms with van der Waals surface area (Å²) in [4.78, 5) is 2.58. The van der Waals surface area contributed by atoms with Crippen LogP contribution < -0.4 is 5.73 Å². The van der Waals surface area contributed by atoms with Crippen LogP contribution >= 0.6 is 0 Å². The van der Waals surface area contributed by atoms with E-state index in [-0.39, 0.29) is 11.9 Å². The highest BCUT2D eigenvalue weighted by Crippen LogP contribution is 2.40. The average Bonchev–Trinajstić information content (AvgIpc) is 2.86. The summed E-state index contributed by atoms with van der Waals surface area (Å²) in [5.74, 6) is 0.694. The number of rotatable bonds is 3. The van der Waals surface area contributed by atoms with Crippen LogP contribution in [-0.2, 0) is 0 Å². The summed E-state index contributed by atoms with van der Waals surface area (Å²) in [5, 5.41) is 0. The smallest absolute Gasteiger partial charge is 0.123 e. The molecular weight excluding hydrogens is 239 g/mol. The molecule has 0 spiro atoms. The molecular formula is C16H23FN2. The van der Waals surface area contributed by atoms with Crippen LogP contribution in [0.1, 0.15) is 43.7 Å². The van der Waals surface area contributed by atoms with Crippen molar-refractivity contribution < 1.29 is 4.39 Å². The van der Waals surface area contributed by atoms with E-state index >= 15 is 0 Å². The Hall–Kier alpha value is -0.930. The van der Waals surface area contributed by atoms with Gasteiger partial charge in [0.1, 0.15) is 5.82 Å². The molecule has 1 aromatic rings. The molecule has 3 heteroatoms. The van der Waals surface area contributed by atoms with Crippen LogP contribution in [0, 0.1) is 11.7 Å². The lowest BCUT2D eigenvalue weighted by molar-refractivity contribution is 0.135. The van der Waals surface area contributed by atoms with Gasteiger partial charge < -0.3 is 5.73 Å². The lowest BCUT2D eigenvalue weighted by Crippen LogP contribution is -2.40. The van der Waals surface area contributed by atoms with Gasteiger partial charge in [0.05, 0.1) is 0 Å². The second-order valence-corrected chi connectivity index (χ2v) is 5.94. The van der Waals surface area contributed by atoms with E-state index in [1.54, 1.807) is 12.1 Å². The Kier molecular flexibility index (Phi) is 3.85. The normalized spacial score (nSPS) is 29.2. The molecule has 19 heavy (non-hydrogen) atoms. The van der Waals surface area contributed by atoms with Crippen LogP contribution in [0.25, 0.3) is 0 Å². The Morgan fingerprint density at radius 1 is 1.16 bits per heavy atom. The van der Waals surface area contributed by atoms with Gasteiger partial charge in [-0.1, -0.05) is 25.0 Å². The summed E-state index contributed by atoms with van der Waals surface area (Å²) in [6.07, 6.45) is 6.73. The van der Waals surface area contributed by atoms with Gasteiger partial charge in [0.15, 0.2) is 0 Å². The standard InChI is InChI=1S/C16H23FN2/c17-14-7-5-13(6-8-14)16(11-18)19-10-9-12-3-1-2-4-15(12)19/h5-8,12,15-16H,1-4,9-11,18H2. The molecule has 1 aliphatic carbocycles. The van der Waals surface area contributed by atoms with Crippen LogP contribution in [0.15, 0.2) is 24.3 Å². The van der Waals surface area contributed by atoms with Crippen LogP contribution in [0.3, 0.4) is 0 Å². The Morgan fingerprint density at radius 2 is 1.89 bits per heavy atom. The third-order valence-electron chi connectivity index (χ3n) is 4.93. The zero-order valence-electron chi connectivity index (χ0n) is 11.4. The van der Waals surface area contributed by atoms with E-state index < -0.39 is 0 Å². The molecule has 2 fully saturated rings. The zero-order valence-corrected chi connectivity index (χ0v) is 11.4. The quantitative estimate of drug-likeness (QED) is 0.907. The lowest BCUT2D eigenvalue weighted by atomic mass is 9.84. The number of hydrogen-bond acceptors (Lipinski definition) is 2. The van der Waals surface area contributed by atoms with Crippen molar-refractivity contribution in [1.29, 1.82) is 0 Å². The van der Waals surface area contributed by atoms with Crippen LogP contribution in [0.5, 0.6) is 0 Å².